The Morgan fingerprint density at radius 2 is 2.03 bits per heavy atom. The van der Waals surface area contributed by atoms with Crippen LogP contribution >= 0.6 is 0 Å². The van der Waals surface area contributed by atoms with E-state index >= 15 is 0 Å². The number of likely N-dealkylation sites (tertiary alicyclic amines) is 2. The van der Waals surface area contributed by atoms with Crippen molar-refractivity contribution in [3.05, 3.63) is 41.6 Å². The van der Waals surface area contributed by atoms with Gasteiger partial charge < -0.3 is 14.9 Å². The van der Waals surface area contributed by atoms with Crippen LogP contribution in [0, 0.1) is 0 Å². The number of carbonyl (C=O) groups is 2. The van der Waals surface area contributed by atoms with Crippen LogP contribution in [-0.2, 0) is 4.79 Å². The third-order valence-electron chi connectivity index (χ3n) is 6.01. The molecule has 1 aromatic heterocycles. The SMILES string of the molecule is CN(CCO)C(=O)c1cc([C@H]2CCN(CC(=O)N3CCC3)C2)nc2ccccc12. The maximum Gasteiger partial charge on any atom is 0.254 e. The second-order valence-corrected chi connectivity index (χ2v) is 8.02. The number of hydrogen-bond donors (Lipinski definition) is 1. The van der Waals surface area contributed by atoms with Crippen LogP contribution in [-0.4, -0.2) is 89.5 Å². The molecule has 7 heteroatoms. The van der Waals surface area contributed by atoms with Crippen molar-refractivity contribution in [1.29, 1.82) is 0 Å². The number of benzene rings is 1. The summed E-state index contributed by atoms with van der Waals surface area (Å²) in [6.45, 7) is 4.11. The molecule has 29 heavy (non-hydrogen) atoms. The van der Waals surface area contributed by atoms with E-state index in [1.165, 1.54) is 4.90 Å². The second-order valence-electron chi connectivity index (χ2n) is 8.02. The molecule has 2 aliphatic rings. The predicted molar refractivity (Wildman–Crippen MR) is 111 cm³/mol. The molecule has 7 nitrogen and oxygen atoms in total. The molecule has 0 bridgehead atoms. The van der Waals surface area contributed by atoms with Crippen LogP contribution in [0.4, 0.5) is 0 Å². The van der Waals surface area contributed by atoms with Gasteiger partial charge in [-0.3, -0.25) is 19.5 Å². The van der Waals surface area contributed by atoms with Crippen molar-refractivity contribution in [2.75, 3.05) is 52.9 Å². The molecule has 0 aliphatic carbocycles. The van der Waals surface area contributed by atoms with Crippen LogP contribution in [0.1, 0.15) is 34.8 Å². The number of pyridine rings is 1. The third kappa shape index (κ3) is 4.11. The number of aliphatic hydroxyl groups is 1. The van der Waals surface area contributed by atoms with Crippen molar-refractivity contribution in [2.24, 2.45) is 0 Å². The highest BCUT2D eigenvalue weighted by Gasteiger charge is 2.30. The van der Waals surface area contributed by atoms with E-state index in [4.69, 9.17) is 4.98 Å². The molecule has 1 aromatic carbocycles. The molecule has 1 N–H and O–H groups in total. The van der Waals surface area contributed by atoms with E-state index in [1.54, 1.807) is 7.05 Å². The number of likely N-dealkylation sites (N-methyl/N-ethyl adjacent to an activating group) is 1. The Hall–Kier alpha value is -2.51. The molecule has 154 valence electrons. The van der Waals surface area contributed by atoms with E-state index in [1.807, 2.05) is 35.2 Å². The van der Waals surface area contributed by atoms with Crippen molar-refractivity contribution in [3.63, 3.8) is 0 Å². The Morgan fingerprint density at radius 1 is 1.24 bits per heavy atom. The summed E-state index contributed by atoms with van der Waals surface area (Å²) in [7, 11) is 1.70. The molecule has 0 saturated carbocycles. The quantitative estimate of drug-likeness (QED) is 0.797. The molecule has 2 fully saturated rings. The Kier molecular flexibility index (Phi) is 5.78. The third-order valence-corrected chi connectivity index (χ3v) is 6.01. The van der Waals surface area contributed by atoms with Gasteiger partial charge in [0, 0.05) is 50.2 Å². The summed E-state index contributed by atoms with van der Waals surface area (Å²) >= 11 is 0. The van der Waals surface area contributed by atoms with Gasteiger partial charge in [-0.05, 0) is 31.5 Å². The fraction of sp³-hybridized carbons (Fsp3) is 0.500. The lowest BCUT2D eigenvalue weighted by Crippen LogP contribution is -2.46. The molecule has 0 radical (unpaired) electrons. The monoisotopic (exact) mass is 396 g/mol. The number of amides is 2. The Bertz CT molecular complexity index is 912. The zero-order chi connectivity index (χ0) is 20.4. The molecule has 2 saturated heterocycles. The summed E-state index contributed by atoms with van der Waals surface area (Å²) in [6.07, 6.45) is 2.04. The van der Waals surface area contributed by atoms with Crippen LogP contribution in [0.25, 0.3) is 10.9 Å². The topological polar surface area (TPSA) is 77.0 Å². The van der Waals surface area contributed by atoms with Crippen LogP contribution in [0.5, 0.6) is 0 Å². The normalized spacial score (nSPS) is 19.4. The van der Waals surface area contributed by atoms with Gasteiger partial charge in [0.15, 0.2) is 0 Å². The first-order valence-electron chi connectivity index (χ1n) is 10.3. The lowest BCUT2D eigenvalue weighted by Gasteiger charge is -2.32. The number of aromatic nitrogens is 1. The van der Waals surface area contributed by atoms with Gasteiger partial charge in [0.05, 0.1) is 24.2 Å². The van der Waals surface area contributed by atoms with Crippen molar-refractivity contribution < 1.29 is 14.7 Å². The van der Waals surface area contributed by atoms with Gasteiger partial charge in [-0.1, -0.05) is 18.2 Å². The van der Waals surface area contributed by atoms with Crippen molar-refractivity contribution in [3.8, 4) is 0 Å². The van der Waals surface area contributed by atoms with E-state index in [0.717, 1.165) is 55.6 Å². The molecule has 3 heterocycles. The number of fused-ring (bicyclic) bond motifs is 1. The molecular weight excluding hydrogens is 368 g/mol. The highest BCUT2D eigenvalue weighted by molar-refractivity contribution is 6.06. The minimum atomic E-state index is -0.110. The van der Waals surface area contributed by atoms with Crippen molar-refractivity contribution >= 4 is 22.7 Å². The zero-order valence-corrected chi connectivity index (χ0v) is 16.9. The van der Waals surface area contributed by atoms with Crippen molar-refractivity contribution in [1.82, 2.24) is 19.7 Å². The maximum atomic E-state index is 13.0. The minimum absolute atomic E-state index is 0.0687. The molecule has 2 amide bonds. The summed E-state index contributed by atoms with van der Waals surface area (Å²) in [6, 6.07) is 9.59. The minimum Gasteiger partial charge on any atom is -0.395 e. The van der Waals surface area contributed by atoms with Crippen LogP contribution < -0.4 is 0 Å². The van der Waals surface area contributed by atoms with Gasteiger partial charge in [-0.2, -0.15) is 0 Å². The summed E-state index contributed by atoms with van der Waals surface area (Å²) in [5, 5.41) is 10.0. The molecule has 1 atom stereocenters. The summed E-state index contributed by atoms with van der Waals surface area (Å²) in [5.74, 6) is 0.310. The fourth-order valence-corrected chi connectivity index (χ4v) is 4.11. The number of aliphatic hydroxyl groups excluding tert-OH is 1. The molecule has 2 aromatic rings. The highest BCUT2D eigenvalue weighted by atomic mass is 16.3. The molecule has 0 unspecified atom stereocenters. The van der Waals surface area contributed by atoms with Crippen LogP contribution in [0.2, 0.25) is 0 Å². The Labute approximate surface area is 170 Å². The first-order valence-corrected chi connectivity index (χ1v) is 10.3. The predicted octanol–water partition coefficient (Wildman–Crippen LogP) is 1.32. The van der Waals surface area contributed by atoms with Crippen molar-refractivity contribution in [2.45, 2.75) is 18.8 Å². The lowest BCUT2D eigenvalue weighted by atomic mass is 9.99. The average molecular weight is 396 g/mol. The molecular formula is C22H28N4O3. The van der Waals surface area contributed by atoms with E-state index in [0.29, 0.717) is 18.7 Å². The number of hydrogen-bond acceptors (Lipinski definition) is 5. The summed E-state index contributed by atoms with van der Waals surface area (Å²) in [5.41, 5.74) is 2.33. The number of para-hydroxylation sites is 1. The largest absolute Gasteiger partial charge is 0.395 e. The Morgan fingerprint density at radius 3 is 2.76 bits per heavy atom. The van der Waals surface area contributed by atoms with Gasteiger partial charge in [0.25, 0.3) is 5.91 Å². The molecule has 2 aliphatic heterocycles. The van der Waals surface area contributed by atoms with E-state index in [2.05, 4.69) is 4.90 Å². The summed E-state index contributed by atoms with van der Waals surface area (Å²) in [4.78, 5) is 35.7. The van der Waals surface area contributed by atoms with Gasteiger partial charge in [-0.15, -0.1) is 0 Å². The Balaban J connectivity index is 1.56. The first kappa shape index (κ1) is 19.8. The van der Waals surface area contributed by atoms with Gasteiger partial charge >= 0.3 is 0 Å². The zero-order valence-electron chi connectivity index (χ0n) is 16.9. The van der Waals surface area contributed by atoms with Gasteiger partial charge in [-0.25, -0.2) is 0 Å². The molecule has 4 rings (SSSR count). The lowest BCUT2D eigenvalue weighted by molar-refractivity contribution is -0.135. The summed E-state index contributed by atoms with van der Waals surface area (Å²) < 4.78 is 0. The van der Waals surface area contributed by atoms with Gasteiger partial charge in [0.2, 0.25) is 5.91 Å². The van der Waals surface area contributed by atoms with E-state index in [9.17, 15) is 14.7 Å². The molecule has 0 spiro atoms. The van der Waals surface area contributed by atoms with E-state index in [-0.39, 0.29) is 24.3 Å². The standard InChI is InChI=1S/C22H28N4O3/c1-24(11-12-27)22(29)18-13-20(23-19-6-3-2-5-17(18)19)16-7-10-25(14-16)15-21(28)26-8-4-9-26/h2-3,5-6,13,16,27H,4,7-12,14-15H2,1H3/t16-/m0/s1. The first-order chi connectivity index (χ1) is 14.1. The van der Waals surface area contributed by atoms with Crippen LogP contribution in [0.15, 0.2) is 30.3 Å². The average Bonchev–Trinajstić information content (AvgIpc) is 3.13. The maximum absolute atomic E-state index is 13.0. The number of rotatable bonds is 6. The number of nitrogens with zero attached hydrogens (tertiary/aromatic N) is 4. The van der Waals surface area contributed by atoms with Gasteiger partial charge in [0.1, 0.15) is 0 Å². The van der Waals surface area contributed by atoms with Crippen LogP contribution in [0.3, 0.4) is 0 Å². The van der Waals surface area contributed by atoms with E-state index < -0.39 is 0 Å². The smallest absolute Gasteiger partial charge is 0.254 e. The fourth-order valence-electron chi connectivity index (χ4n) is 4.11. The second kappa shape index (κ2) is 8.47. The highest BCUT2D eigenvalue weighted by Crippen LogP contribution is 2.30. The number of carbonyl (C=O) groups excluding carboxylic acids is 2.